The van der Waals surface area contributed by atoms with Crippen molar-refractivity contribution in [3.05, 3.63) is 94.3 Å². The molecule has 1 N–H and O–H groups in total. The zero-order chi connectivity index (χ0) is 25.7. The average molecular weight is 502 g/mol. The van der Waals surface area contributed by atoms with Gasteiger partial charge in [0.25, 0.3) is 5.56 Å². The molecule has 1 aromatic heterocycles. The Balaban J connectivity index is 1.63. The van der Waals surface area contributed by atoms with Gasteiger partial charge in [0.05, 0.1) is 40.2 Å². The van der Waals surface area contributed by atoms with E-state index in [4.69, 9.17) is 9.72 Å². The van der Waals surface area contributed by atoms with Crippen LogP contribution in [-0.2, 0) is 9.53 Å². The summed E-state index contributed by atoms with van der Waals surface area (Å²) in [5, 5.41) is 3.68. The zero-order valence-electron chi connectivity index (χ0n) is 20.4. The molecule has 3 aromatic carbocycles. The lowest BCUT2D eigenvalue weighted by molar-refractivity contribution is -0.113. The predicted octanol–water partition coefficient (Wildman–Crippen LogP) is 5.42. The van der Waals surface area contributed by atoms with Gasteiger partial charge >= 0.3 is 5.97 Å². The van der Waals surface area contributed by atoms with Gasteiger partial charge in [-0.3, -0.25) is 14.2 Å². The number of nitrogens with zero attached hydrogens (tertiary/aromatic N) is 2. The molecule has 0 atom stereocenters. The summed E-state index contributed by atoms with van der Waals surface area (Å²) in [4.78, 5) is 43.2. The van der Waals surface area contributed by atoms with Crippen molar-refractivity contribution in [3.63, 3.8) is 0 Å². The molecule has 0 saturated carbocycles. The molecule has 7 nitrogen and oxygen atoms in total. The number of carbonyl (C=O) groups is 2. The third kappa shape index (κ3) is 5.49. The first-order valence-electron chi connectivity index (χ1n) is 11.7. The van der Waals surface area contributed by atoms with Gasteiger partial charge < -0.3 is 10.1 Å². The molecule has 36 heavy (non-hydrogen) atoms. The van der Waals surface area contributed by atoms with Gasteiger partial charge in [0.2, 0.25) is 5.91 Å². The fourth-order valence-corrected chi connectivity index (χ4v) is 4.55. The number of ether oxygens (including phenoxy) is 1. The van der Waals surface area contributed by atoms with Crippen LogP contribution in [0.3, 0.4) is 0 Å². The largest absolute Gasteiger partial charge is 0.462 e. The van der Waals surface area contributed by atoms with E-state index >= 15 is 0 Å². The Morgan fingerprint density at radius 2 is 1.69 bits per heavy atom. The highest BCUT2D eigenvalue weighted by Gasteiger charge is 2.17. The van der Waals surface area contributed by atoms with Crippen LogP contribution in [-0.4, -0.2) is 33.8 Å². The Morgan fingerprint density at radius 1 is 1.00 bits per heavy atom. The van der Waals surface area contributed by atoms with Crippen molar-refractivity contribution in [2.24, 2.45) is 0 Å². The van der Waals surface area contributed by atoms with Crippen molar-refractivity contribution in [1.82, 2.24) is 9.55 Å². The normalized spacial score (nSPS) is 11.0. The van der Waals surface area contributed by atoms with Crippen molar-refractivity contribution < 1.29 is 14.3 Å². The van der Waals surface area contributed by atoms with Gasteiger partial charge in [0.1, 0.15) is 0 Å². The molecular weight excluding hydrogens is 474 g/mol. The first kappa shape index (κ1) is 25.2. The predicted molar refractivity (Wildman–Crippen MR) is 143 cm³/mol. The van der Waals surface area contributed by atoms with Crippen LogP contribution >= 0.6 is 11.8 Å². The van der Waals surface area contributed by atoms with Crippen LogP contribution < -0.4 is 10.9 Å². The summed E-state index contributed by atoms with van der Waals surface area (Å²) in [6.45, 7) is 6.18. The van der Waals surface area contributed by atoms with Gasteiger partial charge in [-0.25, -0.2) is 9.78 Å². The molecule has 0 aliphatic heterocycles. The van der Waals surface area contributed by atoms with Crippen molar-refractivity contribution in [2.75, 3.05) is 17.7 Å². The molecule has 1 amide bonds. The minimum Gasteiger partial charge on any atom is -0.462 e. The summed E-state index contributed by atoms with van der Waals surface area (Å²) < 4.78 is 6.62. The SMILES string of the molecule is CCOC(=O)c1ccccc1NC(=O)CSc1nc2ccccc2c(=O)n1-c1ccc(C(C)C)cc1. The number of para-hydroxylation sites is 2. The van der Waals surface area contributed by atoms with Crippen molar-refractivity contribution >= 4 is 40.2 Å². The van der Waals surface area contributed by atoms with E-state index < -0.39 is 5.97 Å². The highest BCUT2D eigenvalue weighted by atomic mass is 32.2. The smallest absolute Gasteiger partial charge is 0.340 e. The Labute approximate surface area is 213 Å². The molecule has 1 heterocycles. The maximum absolute atomic E-state index is 13.4. The minimum absolute atomic E-state index is 0.00792. The number of esters is 1. The fraction of sp³-hybridized carbons (Fsp3) is 0.214. The maximum atomic E-state index is 13.4. The number of benzene rings is 3. The molecule has 4 aromatic rings. The molecular formula is C28H27N3O4S. The lowest BCUT2D eigenvalue weighted by Gasteiger charge is -2.15. The Hall–Kier alpha value is -3.91. The second-order valence-electron chi connectivity index (χ2n) is 8.40. The van der Waals surface area contributed by atoms with E-state index in [-0.39, 0.29) is 29.4 Å². The lowest BCUT2D eigenvalue weighted by atomic mass is 10.0. The number of thioether (sulfide) groups is 1. The third-order valence-corrected chi connectivity index (χ3v) is 6.53. The molecule has 4 rings (SSSR count). The Kier molecular flexibility index (Phi) is 7.85. The van der Waals surface area contributed by atoms with Crippen LogP contribution in [0.25, 0.3) is 16.6 Å². The molecule has 184 valence electrons. The highest BCUT2D eigenvalue weighted by Crippen LogP contribution is 2.24. The minimum atomic E-state index is -0.504. The number of fused-ring (bicyclic) bond motifs is 1. The van der Waals surface area contributed by atoms with Crippen LogP contribution in [0, 0.1) is 0 Å². The molecule has 0 radical (unpaired) electrons. The molecule has 8 heteroatoms. The van der Waals surface area contributed by atoms with E-state index in [0.29, 0.717) is 33.4 Å². The van der Waals surface area contributed by atoms with Gasteiger partial charge in [-0.2, -0.15) is 0 Å². The zero-order valence-corrected chi connectivity index (χ0v) is 21.2. The number of amides is 1. The summed E-state index contributed by atoms with van der Waals surface area (Å²) in [7, 11) is 0. The van der Waals surface area contributed by atoms with Crippen LogP contribution in [0.15, 0.2) is 82.7 Å². The fourth-order valence-electron chi connectivity index (χ4n) is 3.74. The van der Waals surface area contributed by atoms with Gasteiger partial charge in [0.15, 0.2) is 5.16 Å². The summed E-state index contributed by atoms with van der Waals surface area (Å²) >= 11 is 1.16. The molecule has 0 bridgehead atoms. The van der Waals surface area contributed by atoms with E-state index in [1.165, 1.54) is 4.57 Å². The average Bonchev–Trinajstić information content (AvgIpc) is 2.88. The van der Waals surface area contributed by atoms with Crippen molar-refractivity contribution in [3.8, 4) is 5.69 Å². The Morgan fingerprint density at radius 3 is 2.42 bits per heavy atom. The van der Waals surface area contributed by atoms with Gasteiger partial charge in [-0.1, -0.05) is 62.0 Å². The molecule has 0 unspecified atom stereocenters. The van der Waals surface area contributed by atoms with Crippen LogP contribution in [0.1, 0.15) is 42.6 Å². The summed E-state index contributed by atoms with van der Waals surface area (Å²) in [6, 6.07) is 21.6. The third-order valence-electron chi connectivity index (χ3n) is 5.59. The number of nitrogens with one attached hydrogen (secondary N) is 1. The van der Waals surface area contributed by atoms with Crippen LogP contribution in [0.4, 0.5) is 5.69 Å². The first-order valence-corrected chi connectivity index (χ1v) is 12.7. The second kappa shape index (κ2) is 11.2. The number of anilines is 1. The summed E-state index contributed by atoms with van der Waals surface area (Å²) in [5.74, 6) is -0.483. The molecule has 0 aliphatic carbocycles. The second-order valence-corrected chi connectivity index (χ2v) is 9.34. The number of hydrogen-bond donors (Lipinski definition) is 1. The van der Waals surface area contributed by atoms with E-state index in [1.807, 2.05) is 30.3 Å². The molecule has 0 aliphatic rings. The van der Waals surface area contributed by atoms with Gasteiger partial charge in [-0.05, 0) is 54.8 Å². The number of hydrogen-bond acceptors (Lipinski definition) is 6. The van der Waals surface area contributed by atoms with Crippen molar-refractivity contribution in [2.45, 2.75) is 31.8 Å². The first-order chi connectivity index (χ1) is 17.4. The molecule has 0 spiro atoms. The number of aromatic nitrogens is 2. The molecule has 0 fully saturated rings. The maximum Gasteiger partial charge on any atom is 0.340 e. The lowest BCUT2D eigenvalue weighted by Crippen LogP contribution is -2.23. The quantitative estimate of drug-likeness (QED) is 0.197. The van der Waals surface area contributed by atoms with E-state index in [1.54, 1.807) is 49.4 Å². The van der Waals surface area contributed by atoms with Crippen molar-refractivity contribution in [1.29, 1.82) is 0 Å². The monoisotopic (exact) mass is 501 g/mol. The highest BCUT2D eigenvalue weighted by molar-refractivity contribution is 7.99. The summed E-state index contributed by atoms with van der Waals surface area (Å²) in [5.41, 5.74) is 2.85. The van der Waals surface area contributed by atoms with Crippen LogP contribution in [0.5, 0.6) is 0 Å². The van der Waals surface area contributed by atoms with Gasteiger partial charge in [-0.15, -0.1) is 0 Å². The standard InChI is InChI=1S/C28H27N3O4S/c1-4-35-27(34)22-10-6-8-12-24(22)29-25(32)17-36-28-30-23-11-7-5-9-21(23)26(33)31(28)20-15-13-19(14-16-20)18(2)3/h5-16,18H,4,17H2,1-3H3,(H,29,32). The van der Waals surface area contributed by atoms with Gasteiger partial charge in [0, 0.05) is 0 Å². The van der Waals surface area contributed by atoms with E-state index in [2.05, 4.69) is 19.2 Å². The number of rotatable bonds is 8. The molecule has 0 saturated heterocycles. The Bertz CT molecular complexity index is 1460. The topological polar surface area (TPSA) is 90.3 Å². The van der Waals surface area contributed by atoms with E-state index in [9.17, 15) is 14.4 Å². The van der Waals surface area contributed by atoms with Crippen LogP contribution in [0.2, 0.25) is 0 Å². The number of carbonyl (C=O) groups excluding carboxylic acids is 2. The van der Waals surface area contributed by atoms with E-state index in [0.717, 1.165) is 17.3 Å². The summed E-state index contributed by atoms with van der Waals surface area (Å²) in [6.07, 6.45) is 0.